The minimum atomic E-state index is -1.34. The van der Waals surface area contributed by atoms with Crippen molar-refractivity contribution in [2.24, 2.45) is 5.92 Å². The third kappa shape index (κ3) is 3.02. The number of alkyl halides is 1. The maximum absolute atomic E-state index is 14.8. The Morgan fingerprint density at radius 2 is 1.96 bits per heavy atom. The Balaban J connectivity index is 1.66. The Kier molecular flexibility index (Phi) is 4.52. The highest BCUT2D eigenvalue weighted by atomic mass is 19.1. The predicted molar refractivity (Wildman–Crippen MR) is 92.9 cm³/mol. The van der Waals surface area contributed by atoms with Crippen molar-refractivity contribution in [3.05, 3.63) is 50.5 Å². The standard InChI is InChI=1S/C18H21F2N3O3/c19-11-3-1-2-10(8-11)15-14(20)9-13-16(21-15)22-18(25)23(17(13)24)12-4-6-26-7-5-12/h1-3,10,12,14-15,21H,4-9H2,(H,22,25)/t10?,14-,15+/m1/s1. The molecule has 6 nitrogen and oxygen atoms in total. The fourth-order valence-corrected chi connectivity index (χ4v) is 4.04. The lowest BCUT2D eigenvalue weighted by Gasteiger charge is -2.35. The molecule has 1 fully saturated rings. The number of aromatic nitrogens is 2. The van der Waals surface area contributed by atoms with E-state index in [4.69, 9.17) is 4.74 Å². The van der Waals surface area contributed by atoms with Gasteiger partial charge in [0.2, 0.25) is 0 Å². The van der Waals surface area contributed by atoms with Crippen LogP contribution in [0.3, 0.4) is 0 Å². The van der Waals surface area contributed by atoms with Crippen LogP contribution in [0.4, 0.5) is 14.6 Å². The van der Waals surface area contributed by atoms with Crippen molar-refractivity contribution in [2.45, 2.75) is 43.9 Å². The second-order valence-electron chi connectivity index (χ2n) is 7.06. The highest BCUT2D eigenvalue weighted by Crippen LogP contribution is 2.32. The van der Waals surface area contributed by atoms with E-state index >= 15 is 0 Å². The van der Waals surface area contributed by atoms with Crippen LogP contribution in [0.1, 0.15) is 30.9 Å². The Bertz CT molecular complexity index is 867. The first-order valence-electron chi connectivity index (χ1n) is 8.93. The van der Waals surface area contributed by atoms with E-state index in [9.17, 15) is 18.4 Å². The molecule has 140 valence electrons. The van der Waals surface area contributed by atoms with Crippen LogP contribution in [0.5, 0.6) is 0 Å². The molecule has 8 heteroatoms. The van der Waals surface area contributed by atoms with Gasteiger partial charge in [-0.25, -0.2) is 13.6 Å². The number of rotatable bonds is 2. The summed E-state index contributed by atoms with van der Waals surface area (Å²) in [4.78, 5) is 28.0. The number of nitrogens with one attached hydrogen (secondary N) is 2. The first kappa shape index (κ1) is 17.2. The molecule has 0 aromatic carbocycles. The van der Waals surface area contributed by atoms with Gasteiger partial charge in [0.15, 0.2) is 0 Å². The largest absolute Gasteiger partial charge is 0.381 e. The summed E-state index contributed by atoms with van der Waals surface area (Å²) in [7, 11) is 0. The minimum Gasteiger partial charge on any atom is -0.381 e. The molecule has 2 N–H and O–H groups in total. The van der Waals surface area contributed by atoms with Gasteiger partial charge in [-0.05, 0) is 18.9 Å². The number of allylic oxidation sites excluding steroid dienone is 3. The second-order valence-corrected chi connectivity index (χ2v) is 7.06. The maximum Gasteiger partial charge on any atom is 0.330 e. The fourth-order valence-electron chi connectivity index (χ4n) is 4.04. The van der Waals surface area contributed by atoms with Gasteiger partial charge in [0.05, 0.1) is 11.6 Å². The van der Waals surface area contributed by atoms with E-state index in [1.807, 2.05) is 0 Å². The molecule has 0 spiro atoms. The van der Waals surface area contributed by atoms with Gasteiger partial charge in [-0.15, -0.1) is 0 Å². The zero-order valence-corrected chi connectivity index (χ0v) is 14.2. The van der Waals surface area contributed by atoms with Gasteiger partial charge in [-0.2, -0.15) is 0 Å². The Morgan fingerprint density at radius 3 is 2.69 bits per heavy atom. The number of hydrogen-bond acceptors (Lipinski definition) is 4. The van der Waals surface area contributed by atoms with Gasteiger partial charge in [-0.3, -0.25) is 14.3 Å². The SMILES string of the molecule is O=c1[nH]c2c(c(=O)n1C1CCOCC1)C[C@@H](F)[C@H](C1C=CC=C(F)C1)N2. The number of anilines is 1. The molecular formula is C18H21F2N3O3. The van der Waals surface area contributed by atoms with Crippen molar-refractivity contribution < 1.29 is 13.5 Å². The van der Waals surface area contributed by atoms with E-state index in [0.29, 0.717) is 26.1 Å². The highest BCUT2D eigenvalue weighted by molar-refractivity contribution is 5.48. The van der Waals surface area contributed by atoms with Gasteiger partial charge in [0.1, 0.15) is 17.8 Å². The number of fused-ring (bicyclic) bond motifs is 1. The van der Waals surface area contributed by atoms with Crippen LogP contribution < -0.4 is 16.6 Å². The van der Waals surface area contributed by atoms with Gasteiger partial charge in [-0.1, -0.05) is 12.2 Å². The van der Waals surface area contributed by atoms with Gasteiger partial charge in [0, 0.05) is 38.0 Å². The zero-order chi connectivity index (χ0) is 18.3. The lowest BCUT2D eigenvalue weighted by Crippen LogP contribution is -2.49. The van der Waals surface area contributed by atoms with Gasteiger partial charge in [0.25, 0.3) is 5.56 Å². The third-order valence-corrected chi connectivity index (χ3v) is 5.41. The summed E-state index contributed by atoms with van der Waals surface area (Å²) in [6.45, 7) is 0.986. The number of H-pyrrole nitrogens is 1. The summed E-state index contributed by atoms with van der Waals surface area (Å²) in [5.41, 5.74) is -0.709. The number of hydrogen-bond donors (Lipinski definition) is 2. The molecule has 2 aliphatic heterocycles. The molecule has 1 saturated heterocycles. The molecule has 3 aliphatic rings. The Morgan fingerprint density at radius 1 is 1.19 bits per heavy atom. The van der Waals surface area contributed by atoms with Crippen LogP contribution in [0, 0.1) is 5.92 Å². The van der Waals surface area contributed by atoms with Crippen LogP contribution in [-0.2, 0) is 11.2 Å². The summed E-state index contributed by atoms with van der Waals surface area (Å²) in [5, 5.41) is 2.94. The van der Waals surface area contributed by atoms with Gasteiger partial charge < -0.3 is 10.1 Å². The maximum atomic E-state index is 14.8. The average molecular weight is 365 g/mol. The molecule has 3 atom stereocenters. The average Bonchev–Trinajstić information content (AvgIpc) is 2.63. The van der Waals surface area contributed by atoms with Crippen molar-refractivity contribution in [1.82, 2.24) is 9.55 Å². The van der Waals surface area contributed by atoms with E-state index in [1.165, 1.54) is 10.6 Å². The molecule has 1 unspecified atom stereocenters. The van der Waals surface area contributed by atoms with E-state index in [0.717, 1.165) is 0 Å². The molecule has 0 amide bonds. The van der Waals surface area contributed by atoms with Crippen LogP contribution in [0.15, 0.2) is 33.6 Å². The summed E-state index contributed by atoms with van der Waals surface area (Å²) in [6, 6.07) is -0.922. The smallest absolute Gasteiger partial charge is 0.330 e. The first-order chi connectivity index (χ1) is 12.5. The number of aromatic amines is 1. The second kappa shape index (κ2) is 6.83. The normalized spacial score (nSPS) is 29.0. The topological polar surface area (TPSA) is 76.1 Å². The van der Waals surface area contributed by atoms with Gasteiger partial charge >= 0.3 is 5.69 Å². The lowest BCUT2D eigenvalue weighted by atomic mass is 9.85. The predicted octanol–water partition coefficient (Wildman–Crippen LogP) is 1.99. The minimum absolute atomic E-state index is 0.0957. The molecule has 0 bridgehead atoms. The van der Waals surface area contributed by atoms with Crippen molar-refractivity contribution in [3.63, 3.8) is 0 Å². The monoisotopic (exact) mass is 365 g/mol. The molecule has 0 saturated carbocycles. The third-order valence-electron chi connectivity index (χ3n) is 5.41. The molecule has 3 heterocycles. The Labute approximate surface area is 148 Å². The molecule has 4 rings (SSSR count). The lowest BCUT2D eigenvalue weighted by molar-refractivity contribution is 0.0672. The molecular weight excluding hydrogens is 344 g/mol. The molecule has 1 aromatic heterocycles. The Hall–Kier alpha value is -2.22. The van der Waals surface area contributed by atoms with Crippen molar-refractivity contribution in [2.75, 3.05) is 18.5 Å². The highest BCUT2D eigenvalue weighted by Gasteiger charge is 2.37. The summed E-state index contributed by atoms with van der Waals surface area (Å²) in [6.07, 6.45) is 4.50. The summed E-state index contributed by atoms with van der Waals surface area (Å²) in [5.74, 6) is -0.420. The molecule has 26 heavy (non-hydrogen) atoms. The van der Waals surface area contributed by atoms with Crippen LogP contribution in [0.25, 0.3) is 0 Å². The summed E-state index contributed by atoms with van der Waals surface area (Å²) < 4.78 is 34.8. The first-order valence-corrected chi connectivity index (χ1v) is 8.93. The van der Waals surface area contributed by atoms with Crippen molar-refractivity contribution in [1.29, 1.82) is 0 Å². The molecule has 1 aromatic rings. The fraction of sp³-hybridized carbons (Fsp3) is 0.556. The van der Waals surface area contributed by atoms with Crippen LogP contribution in [-0.4, -0.2) is 35.0 Å². The quantitative estimate of drug-likeness (QED) is 0.841. The van der Waals surface area contributed by atoms with E-state index in [-0.39, 0.29) is 42.0 Å². The van der Waals surface area contributed by atoms with Crippen molar-refractivity contribution >= 4 is 5.82 Å². The summed E-state index contributed by atoms with van der Waals surface area (Å²) >= 11 is 0. The van der Waals surface area contributed by atoms with Crippen LogP contribution >= 0.6 is 0 Å². The molecule has 1 aliphatic carbocycles. The van der Waals surface area contributed by atoms with E-state index < -0.39 is 23.5 Å². The number of ether oxygens (including phenoxy) is 1. The van der Waals surface area contributed by atoms with Crippen LogP contribution in [0.2, 0.25) is 0 Å². The van der Waals surface area contributed by atoms with E-state index in [2.05, 4.69) is 10.3 Å². The van der Waals surface area contributed by atoms with Crippen molar-refractivity contribution in [3.8, 4) is 0 Å². The number of halogens is 2. The number of nitrogens with zero attached hydrogens (tertiary/aromatic N) is 1. The zero-order valence-electron chi connectivity index (χ0n) is 14.2. The van der Waals surface area contributed by atoms with E-state index in [1.54, 1.807) is 12.2 Å². The molecule has 0 radical (unpaired) electrons.